The zero-order valence-corrected chi connectivity index (χ0v) is 17.6. The lowest BCUT2D eigenvalue weighted by Crippen LogP contribution is -2.39. The molecule has 0 aliphatic heterocycles. The molecule has 3 aromatic carbocycles. The van der Waals surface area contributed by atoms with Gasteiger partial charge in [0.2, 0.25) is 10.0 Å². The molecule has 0 spiro atoms. The lowest BCUT2D eigenvalue weighted by atomic mass is 10.1. The quantitative estimate of drug-likeness (QED) is 0.459. The van der Waals surface area contributed by atoms with Crippen LogP contribution in [0.15, 0.2) is 59.5 Å². The molecule has 0 aliphatic carbocycles. The van der Waals surface area contributed by atoms with Crippen molar-refractivity contribution in [3.63, 3.8) is 0 Å². The molecule has 4 N–H and O–H groups in total. The van der Waals surface area contributed by atoms with Gasteiger partial charge >= 0.3 is 0 Å². The molecular weight excluding hydrogens is 417 g/mol. The van der Waals surface area contributed by atoms with Gasteiger partial charge in [-0.15, -0.1) is 0 Å². The molecule has 3 aromatic rings. The summed E-state index contributed by atoms with van der Waals surface area (Å²) in [6.07, 6.45) is 0.585. The van der Waals surface area contributed by atoms with E-state index in [1.54, 1.807) is 0 Å². The van der Waals surface area contributed by atoms with Crippen molar-refractivity contribution in [2.24, 2.45) is 0 Å². The van der Waals surface area contributed by atoms with Crippen LogP contribution >= 0.6 is 23.2 Å². The van der Waals surface area contributed by atoms with Crippen molar-refractivity contribution in [1.82, 2.24) is 4.72 Å². The molecule has 0 radical (unpaired) electrons. The number of anilines is 2. The van der Waals surface area contributed by atoms with Gasteiger partial charge in [-0.1, -0.05) is 66.5 Å². The highest BCUT2D eigenvalue weighted by Gasteiger charge is 2.25. The maximum Gasteiger partial charge on any atom is 0.244 e. The second kappa shape index (κ2) is 8.57. The summed E-state index contributed by atoms with van der Waals surface area (Å²) in [6, 6.07) is 16.4. The Hall–Kier alpha value is -1.99. The smallest absolute Gasteiger partial charge is 0.244 e. The van der Waals surface area contributed by atoms with Crippen molar-refractivity contribution < 1.29 is 8.42 Å². The summed E-state index contributed by atoms with van der Waals surface area (Å²) in [5.74, 6) is 0. The second-order valence-corrected chi connectivity index (χ2v) is 8.93. The monoisotopic (exact) mass is 437 g/mol. The van der Waals surface area contributed by atoms with E-state index >= 15 is 0 Å². The minimum absolute atomic E-state index is 0.00522. The largest absolute Gasteiger partial charge is 0.398 e. The van der Waals surface area contributed by atoms with E-state index in [1.807, 2.05) is 49.4 Å². The van der Waals surface area contributed by atoms with Gasteiger partial charge in [-0.3, -0.25) is 0 Å². The van der Waals surface area contributed by atoms with Crippen LogP contribution in [0, 0.1) is 0 Å². The highest BCUT2D eigenvalue weighted by Crippen LogP contribution is 2.31. The zero-order valence-electron chi connectivity index (χ0n) is 15.2. The number of nitrogen functional groups attached to an aromatic ring is 1. The molecule has 0 saturated heterocycles. The third-order valence-electron chi connectivity index (χ3n) is 4.45. The normalized spacial score (nSPS) is 12.8. The molecule has 5 nitrogen and oxygen atoms in total. The Morgan fingerprint density at radius 2 is 1.79 bits per heavy atom. The fourth-order valence-corrected chi connectivity index (χ4v) is 5.33. The number of sulfonamides is 1. The highest BCUT2D eigenvalue weighted by atomic mass is 35.5. The summed E-state index contributed by atoms with van der Waals surface area (Å²) in [4.78, 5) is -0.151. The molecule has 148 valence electrons. The van der Waals surface area contributed by atoms with Gasteiger partial charge in [0.25, 0.3) is 0 Å². The highest BCUT2D eigenvalue weighted by molar-refractivity contribution is 7.89. The van der Waals surface area contributed by atoms with Crippen LogP contribution in [0.4, 0.5) is 11.4 Å². The first kappa shape index (κ1) is 20.7. The molecule has 1 atom stereocenters. The molecule has 3 rings (SSSR count). The molecule has 0 aromatic heterocycles. The lowest BCUT2D eigenvalue weighted by molar-refractivity contribution is 0.548. The minimum Gasteiger partial charge on any atom is -0.398 e. The number of hydrogen-bond acceptors (Lipinski definition) is 4. The number of nitrogens with one attached hydrogen (secondary N) is 2. The second-order valence-electron chi connectivity index (χ2n) is 6.44. The van der Waals surface area contributed by atoms with E-state index < -0.39 is 10.0 Å². The number of hydrogen-bond donors (Lipinski definition) is 3. The van der Waals surface area contributed by atoms with E-state index in [9.17, 15) is 8.42 Å². The topological polar surface area (TPSA) is 84.2 Å². The van der Waals surface area contributed by atoms with Crippen LogP contribution in [0.1, 0.15) is 13.3 Å². The van der Waals surface area contributed by atoms with Gasteiger partial charge in [-0.2, -0.15) is 0 Å². The average molecular weight is 438 g/mol. The first-order chi connectivity index (χ1) is 13.3. The van der Waals surface area contributed by atoms with Crippen LogP contribution in [0.5, 0.6) is 0 Å². The number of fused-ring (bicyclic) bond motifs is 1. The van der Waals surface area contributed by atoms with E-state index in [-0.39, 0.29) is 26.7 Å². The van der Waals surface area contributed by atoms with Crippen LogP contribution in [-0.4, -0.2) is 21.0 Å². The summed E-state index contributed by atoms with van der Waals surface area (Å²) >= 11 is 12.0. The van der Waals surface area contributed by atoms with Gasteiger partial charge in [-0.05, 0) is 30.0 Å². The third-order valence-corrected chi connectivity index (χ3v) is 6.71. The Labute approximate surface area is 174 Å². The minimum atomic E-state index is -3.90. The standard InChI is InChI=1S/C20H21Cl2N3O2S/c1-2-15(12-24-19-9-5-7-13-6-3-4-8-16(13)19)25-28(26,27)20-17(22)10-14(21)11-18(20)23/h3-11,15,24-25H,2,12,23H2,1H3. The molecule has 0 amide bonds. The molecule has 0 saturated carbocycles. The molecular formula is C20H21Cl2N3O2S. The Morgan fingerprint density at radius 3 is 2.50 bits per heavy atom. The Kier molecular flexibility index (Phi) is 6.35. The maximum absolute atomic E-state index is 12.8. The predicted molar refractivity (Wildman–Crippen MR) is 118 cm³/mol. The fraction of sp³-hybridized carbons (Fsp3) is 0.200. The number of nitrogens with two attached hydrogens (primary N) is 1. The van der Waals surface area contributed by atoms with Crippen molar-refractivity contribution in [2.75, 3.05) is 17.6 Å². The number of halogens is 2. The van der Waals surface area contributed by atoms with E-state index in [2.05, 4.69) is 10.0 Å². The van der Waals surface area contributed by atoms with Gasteiger partial charge in [0, 0.05) is 28.7 Å². The van der Waals surface area contributed by atoms with Crippen molar-refractivity contribution in [1.29, 1.82) is 0 Å². The molecule has 1 unspecified atom stereocenters. The first-order valence-corrected chi connectivity index (χ1v) is 11.0. The fourth-order valence-electron chi connectivity index (χ4n) is 3.02. The molecule has 0 aliphatic rings. The summed E-state index contributed by atoms with van der Waals surface area (Å²) in [5, 5.41) is 5.81. The SMILES string of the molecule is CCC(CNc1cccc2ccccc12)NS(=O)(=O)c1c(N)cc(Cl)cc1Cl. The lowest BCUT2D eigenvalue weighted by Gasteiger charge is -2.20. The predicted octanol–water partition coefficient (Wildman–Crippen LogP) is 4.90. The molecule has 8 heteroatoms. The van der Waals surface area contributed by atoms with Gasteiger partial charge < -0.3 is 11.1 Å². The van der Waals surface area contributed by atoms with Crippen molar-refractivity contribution in [2.45, 2.75) is 24.3 Å². The third kappa shape index (κ3) is 4.52. The molecule has 28 heavy (non-hydrogen) atoms. The Morgan fingerprint density at radius 1 is 1.07 bits per heavy atom. The first-order valence-electron chi connectivity index (χ1n) is 8.80. The van der Waals surface area contributed by atoms with E-state index in [1.165, 1.54) is 12.1 Å². The van der Waals surface area contributed by atoms with Crippen molar-refractivity contribution in [3.8, 4) is 0 Å². The van der Waals surface area contributed by atoms with Crippen LogP contribution in [0.3, 0.4) is 0 Å². The van der Waals surface area contributed by atoms with E-state index in [4.69, 9.17) is 28.9 Å². The van der Waals surface area contributed by atoms with Gasteiger partial charge in [0.05, 0.1) is 10.7 Å². The van der Waals surface area contributed by atoms with Crippen LogP contribution in [0.25, 0.3) is 10.8 Å². The molecule has 0 fully saturated rings. The number of benzene rings is 3. The van der Waals surface area contributed by atoms with Crippen molar-refractivity contribution >= 4 is 55.4 Å². The maximum atomic E-state index is 12.8. The zero-order chi connectivity index (χ0) is 20.3. The van der Waals surface area contributed by atoms with Gasteiger partial charge in [0.15, 0.2) is 0 Å². The Bertz CT molecular complexity index is 1080. The summed E-state index contributed by atoms with van der Waals surface area (Å²) < 4.78 is 28.3. The summed E-state index contributed by atoms with van der Waals surface area (Å²) in [7, 11) is -3.90. The molecule has 0 heterocycles. The molecule has 0 bridgehead atoms. The Balaban J connectivity index is 1.79. The van der Waals surface area contributed by atoms with Gasteiger partial charge in [-0.25, -0.2) is 13.1 Å². The van der Waals surface area contributed by atoms with Gasteiger partial charge in [0.1, 0.15) is 4.90 Å². The van der Waals surface area contributed by atoms with Crippen LogP contribution in [-0.2, 0) is 10.0 Å². The van der Waals surface area contributed by atoms with E-state index in [0.717, 1.165) is 16.5 Å². The van der Waals surface area contributed by atoms with E-state index in [0.29, 0.717) is 13.0 Å². The average Bonchev–Trinajstić information content (AvgIpc) is 2.63. The van der Waals surface area contributed by atoms with Crippen LogP contribution in [0.2, 0.25) is 10.0 Å². The summed E-state index contributed by atoms with van der Waals surface area (Å²) in [6.45, 7) is 2.32. The van der Waals surface area contributed by atoms with Crippen LogP contribution < -0.4 is 15.8 Å². The number of rotatable bonds is 7. The van der Waals surface area contributed by atoms with Crippen molar-refractivity contribution in [3.05, 3.63) is 64.6 Å². The summed E-state index contributed by atoms with van der Waals surface area (Å²) in [5.41, 5.74) is 6.81.